The van der Waals surface area contributed by atoms with Crippen molar-refractivity contribution in [2.45, 2.75) is 37.9 Å². The van der Waals surface area contributed by atoms with E-state index in [4.69, 9.17) is 4.52 Å². The predicted molar refractivity (Wildman–Crippen MR) is 164 cm³/mol. The molecule has 1 aliphatic heterocycles. The molecule has 1 atom stereocenters. The van der Waals surface area contributed by atoms with Gasteiger partial charge in [-0.3, -0.25) is 9.58 Å². The Morgan fingerprint density at radius 2 is 1.86 bits per heavy atom. The van der Waals surface area contributed by atoms with E-state index in [9.17, 15) is 8.42 Å². The molecule has 11 nitrogen and oxygen atoms in total. The van der Waals surface area contributed by atoms with Gasteiger partial charge in [0.15, 0.2) is 5.76 Å². The SMILES string of the molecule is Cc1cc(-c2ccc(S(=O)(=O)N3CCN(C[C@H](C)Nc4ncnc5c(-c6c(C)nn(C)c6C)cccc45)CC3)s2)on1. The molecule has 1 N–H and O–H groups in total. The van der Waals surface area contributed by atoms with Crippen LogP contribution in [0.1, 0.15) is 24.0 Å². The zero-order chi connectivity index (χ0) is 29.6. The maximum atomic E-state index is 13.3. The van der Waals surface area contributed by atoms with Crippen molar-refractivity contribution in [2.75, 3.05) is 38.0 Å². The van der Waals surface area contributed by atoms with Gasteiger partial charge in [-0.05, 0) is 45.9 Å². The molecule has 1 aromatic carbocycles. The van der Waals surface area contributed by atoms with Crippen LogP contribution < -0.4 is 5.32 Å². The summed E-state index contributed by atoms with van der Waals surface area (Å²) in [5, 5.41) is 13.0. The van der Waals surface area contributed by atoms with Gasteiger partial charge in [-0.25, -0.2) is 18.4 Å². The molecular weight excluding hydrogens is 573 g/mol. The van der Waals surface area contributed by atoms with E-state index in [1.165, 1.54) is 11.3 Å². The first-order valence-corrected chi connectivity index (χ1v) is 16.1. The summed E-state index contributed by atoms with van der Waals surface area (Å²) in [5.74, 6) is 1.37. The van der Waals surface area contributed by atoms with Crippen molar-refractivity contribution in [1.82, 2.24) is 34.1 Å². The topological polar surface area (TPSA) is 122 Å². The van der Waals surface area contributed by atoms with Crippen molar-refractivity contribution >= 4 is 38.1 Å². The molecule has 13 heteroatoms. The Balaban J connectivity index is 1.11. The molecule has 0 spiro atoms. The number of para-hydroxylation sites is 1. The third kappa shape index (κ3) is 5.33. The average molecular weight is 607 g/mol. The van der Waals surface area contributed by atoms with Gasteiger partial charge in [-0.1, -0.05) is 17.3 Å². The number of piperazine rings is 1. The average Bonchev–Trinajstić information content (AvgIpc) is 3.69. The molecule has 42 heavy (non-hydrogen) atoms. The molecule has 0 bridgehead atoms. The number of nitrogens with zero attached hydrogens (tertiary/aromatic N) is 7. The summed E-state index contributed by atoms with van der Waals surface area (Å²) < 4.78 is 35.8. The van der Waals surface area contributed by atoms with Gasteiger partial charge in [0.2, 0.25) is 0 Å². The summed E-state index contributed by atoms with van der Waals surface area (Å²) in [6.07, 6.45) is 1.60. The second kappa shape index (κ2) is 11.2. The number of benzene rings is 1. The largest absolute Gasteiger partial charge is 0.366 e. The van der Waals surface area contributed by atoms with Crippen LogP contribution in [-0.2, 0) is 17.1 Å². The summed E-state index contributed by atoms with van der Waals surface area (Å²) in [6, 6.07) is 11.5. The Bertz CT molecular complexity index is 1850. The lowest BCUT2D eigenvalue weighted by Gasteiger charge is -2.35. The maximum absolute atomic E-state index is 13.3. The highest BCUT2D eigenvalue weighted by atomic mass is 32.2. The molecule has 4 aromatic heterocycles. The van der Waals surface area contributed by atoms with Gasteiger partial charge in [-0.15, -0.1) is 11.3 Å². The van der Waals surface area contributed by atoms with Crippen LogP contribution in [0.4, 0.5) is 5.82 Å². The first-order valence-electron chi connectivity index (χ1n) is 13.9. The van der Waals surface area contributed by atoms with Crippen molar-refractivity contribution in [1.29, 1.82) is 0 Å². The highest BCUT2D eigenvalue weighted by Crippen LogP contribution is 2.35. The number of thiophene rings is 1. The lowest BCUT2D eigenvalue weighted by molar-refractivity contribution is 0.184. The summed E-state index contributed by atoms with van der Waals surface area (Å²) in [7, 11) is -1.62. The monoisotopic (exact) mass is 606 g/mol. The summed E-state index contributed by atoms with van der Waals surface area (Å²) in [5.41, 5.74) is 5.84. The van der Waals surface area contributed by atoms with Crippen LogP contribution in [0.25, 0.3) is 32.7 Å². The van der Waals surface area contributed by atoms with Crippen molar-refractivity contribution in [3.63, 3.8) is 0 Å². The van der Waals surface area contributed by atoms with Crippen LogP contribution in [0.2, 0.25) is 0 Å². The van der Waals surface area contributed by atoms with Gasteiger partial charge in [0, 0.05) is 74.1 Å². The van der Waals surface area contributed by atoms with Crippen LogP contribution in [0.5, 0.6) is 0 Å². The van der Waals surface area contributed by atoms with E-state index in [2.05, 4.69) is 50.4 Å². The van der Waals surface area contributed by atoms with Crippen molar-refractivity contribution in [3.05, 3.63) is 59.8 Å². The number of hydrogen-bond donors (Lipinski definition) is 1. The number of aryl methyl sites for hydroxylation is 3. The molecule has 5 heterocycles. The van der Waals surface area contributed by atoms with Gasteiger partial charge in [-0.2, -0.15) is 9.40 Å². The first kappa shape index (κ1) is 28.5. The molecule has 0 saturated carbocycles. The minimum atomic E-state index is -3.57. The molecule has 1 saturated heterocycles. The molecular formula is C29H34N8O3S2. The van der Waals surface area contributed by atoms with E-state index in [1.54, 1.807) is 22.8 Å². The van der Waals surface area contributed by atoms with Gasteiger partial charge in [0.05, 0.1) is 21.8 Å². The molecule has 0 aliphatic carbocycles. The fraction of sp³-hybridized carbons (Fsp3) is 0.379. The van der Waals surface area contributed by atoms with E-state index in [0.717, 1.165) is 56.4 Å². The Morgan fingerprint density at radius 1 is 1.07 bits per heavy atom. The highest BCUT2D eigenvalue weighted by Gasteiger charge is 2.30. The fourth-order valence-electron chi connectivity index (χ4n) is 5.58. The third-order valence-electron chi connectivity index (χ3n) is 7.74. The second-order valence-electron chi connectivity index (χ2n) is 10.8. The summed E-state index contributed by atoms with van der Waals surface area (Å²) >= 11 is 1.21. The summed E-state index contributed by atoms with van der Waals surface area (Å²) in [6.45, 7) is 11.0. The molecule has 220 valence electrons. The number of nitrogens with one attached hydrogen (secondary N) is 1. The Morgan fingerprint density at radius 3 is 2.55 bits per heavy atom. The van der Waals surface area contributed by atoms with E-state index in [1.807, 2.05) is 43.8 Å². The first-order chi connectivity index (χ1) is 20.1. The number of fused-ring (bicyclic) bond motifs is 1. The zero-order valence-corrected chi connectivity index (χ0v) is 26.0. The van der Waals surface area contributed by atoms with Crippen molar-refractivity contribution < 1.29 is 12.9 Å². The summed E-state index contributed by atoms with van der Waals surface area (Å²) in [4.78, 5) is 12.3. The second-order valence-corrected chi connectivity index (χ2v) is 14.0. The Hall–Kier alpha value is -3.65. The van der Waals surface area contributed by atoms with E-state index < -0.39 is 10.0 Å². The number of aromatic nitrogens is 5. The van der Waals surface area contributed by atoms with E-state index >= 15 is 0 Å². The predicted octanol–water partition coefficient (Wildman–Crippen LogP) is 4.48. The zero-order valence-electron chi connectivity index (χ0n) is 24.3. The van der Waals surface area contributed by atoms with Crippen LogP contribution >= 0.6 is 11.3 Å². The fourth-order valence-corrected chi connectivity index (χ4v) is 8.42. The maximum Gasteiger partial charge on any atom is 0.252 e. The van der Waals surface area contributed by atoms with Crippen LogP contribution in [0.15, 0.2) is 51.5 Å². The quantitative estimate of drug-likeness (QED) is 0.272. The lowest BCUT2D eigenvalue weighted by atomic mass is 10.0. The molecule has 0 amide bonds. The molecule has 0 radical (unpaired) electrons. The minimum absolute atomic E-state index is 0.0852. The molecule has 0 unspecified atom stereocenters. The van der Waals surface area contributed by atoms with Gasteiger partial charge in [0.1, 0.15) is 16.4 Å². The number of rotatable bonds is 8. The third-order valence-corrected chi connectivity index (χ3v) is 11.2. The Labute approximate surface area is 249 Å². The molecule has 1 fully saturated rings. The van der Waals surface area contributed by atoms with Crippen LogP contribution in [0.3, 0.4) is 0 Å². The lowest BCUT2D eigenvalue weighted by Crippen LogP contribution is -2.50. The van der Waals surface area contributed by atoms with Gasteiger partial charge < -0.3 is 9.84 Å². The van der Waals surface area contributed by atoms with Crippen LogP contribution in [0, 0.1) is 20.8 Å². The molecule has 1 aliphatic rings. The van der Waals surface area contributed by atoms with E-state index in [-0.39, 0.29) is 6.04 Å². The number of hydrogen-bond acceptors (Lipinski definition) is 10. The van der Waals surface area contributed by atoms with Gasteiger partial charge in [0.25, 0.3) is 10.0 Å². The Kier molecular flexibility index (Phi) is 7.60. The molecule has 6 rings (SSSR count). The smallest absolute Gasteiger partial charge is 0.252 e. The number of anilines is 1. The normalized spacial score (nSPS) is 15.8. The standard InChI is InChI=1S/C29H34N8O3S2/c1-18-15-24(40-34-18)25-9-10-26(41-25)42(38,39)37-13-11-36(12-14-37)16-19(2)32-29-23-8-6-7-22(28(23)30-17-31-29)27-20(3)33-35(5)21(27)4/h6-10,15,17,19H,11-14,16H2,1-5H3,(H,30,31,32)/t19-/m0/s1. The van der Waals surface area contributed by atoms with Gasteiger partial charge >= 0.3 is 0 Å². The van der Waals surface area contributed by atoms with E-state index in [0.29, 0.717) is 36.1 Å². The minimum Gasteiger partial charge on any atom is -0.366 e. The number of sulfonamides is 1. The highest BCUT2D eigenvalue weighted by molar-refractivity contribution is 7.91. The van der Waals surface area contributed by atoms with Crippen molar-refractivity contribution in [2.24, 2.45) is 7.05 Å². The van der Waals surface area contributed by atoms with Crippen LogP contribution in [-0.4, -0.2) is 81.3 Å². The van der Waals surface area contributed by atoms with Crippen molar-refractivity contribution in [3.8, 4) is 21.8 Å². The molecule has 5 aromatic rings.